The molecule has 2 rings (SSSR count). The second kappa shape index (κ2) is 5.35. The molecule has 0 aliphatic rings. The smallest absolute Gasteiger partial charge is 0.183 e. The summed E-state index contributed by atoms with van der Waals surface area (Å²) in [6, 6.07) is 5.35. The summed E-state index contributed by atoms with van der Waals surface area (Å²) in [6.07, 6.45) is 1.08. The fraction of sp³-hybridized carbons (Fsp3) is 0.417. The van der Waals surface area contributed by atoms with E-state index in [-0.39, 0.29) is 0 Å². The van der Waals surface area contributed by atoms with Crippen LogP contribution in [0.4, 0.5) is 5.69 Å². The quantitative estimate of drug-likeness (QED) is 0.863. The molecule has 1 atom stereocenters. The van der Waals surface area contributed by atoms with Crippen LogP contribution in [0.5, 0.6) is 0 Å². The minimum Gasteiger partial charge on any atom is -0.399 e. The second-order valence-corrected chi connectivity index (χ2v) is 4.84. The lowest BCUT2D eigenvalue weighted by molar-refractivity contribution is 0.434. The second-order valence-electron chi connectivity index (χ2n) is 4.44. The van der Waals surface area contributed by atoms with Gasteiger partial charge in [-0.15, -0.1) is 5.10 Å². The number of tetrazole rings is 1. The van der Waals surface area contributed by atoms with E-state index in [1.54, 1.807) is 16.8 Å². The number of aromatic nitrogens is 4. The zero-order valence-corrected chi connectivity index (χ0v) is 11.2. The van der Waals surface area contributed by atoms with Crippen LogP contribution in [0, 0.1) is 5.92 Å². The normalized spacial score (nSPS) is 12.6. The van der Waals surface area contributed by atoms with Gasteiger partial charge in [-0.3, -0.25) is 0 Å². The molecule has 0 aliphatic heterocycles. The average molecular weight is 266 g/mol. The van der Waals surface area contributed by atoms with Crippen LogP contribution in [0.1, 0.15) is 20.3 Å². The molecular formula is C12H16ClN5. The maximum Gasteiger partial charge on any atom is 0.183 e. The zero-order valence-electron chi connectivity index (χ0n) is 10.5. The molecule has 2 N–H and O–H groups in total. The molecule has 0 aliphatic carbocycles. The zero-order chi connectivity index (χ0) is 13.1. The average Bonchev–Trinajstić information content (AvgIpc) is 2.77. The van der Waals surface area contributed by atoms with Crippen LogP contribution in [-0.2, 0) is 6.54 Å². The van der Waals surface area contributed by atoms with E-state index in [9.17, 15) is 0 Å². The highest BCUT2D eigenvalue weighted by atomic mass is 35.5. The predicted octanol–water partition coefficient (Wildman–Crippen LogP) is 2.62. The van der Waals surface area contributed by atoms with Crippen molar-refractivity contribution < 1.29 is 0 Å². The van der Waals surface area contributed by atoms with Gasteiger partial charge in [0.05, 0.1) is 5.02 Å². The maximum atomic E-state index is 6.17. The van der Waals surface area contributed by atoms with Crippen molar-refractivity contribution in [1.82, 2.24) is 20.2 Å². The van der Waals surface area contributed by atoms with E-state index >= 15 is 0 Å². The van der Waals surface area contributed by atoms with Crippen molar-refractivity contribution in [3.05, 3.63) is 23.2 Å². The Morgan fingerprint density at radius 2 is 2.22 bits per heavy atom. The van der Waals surface area contributed by atoms with Gasteiger partial charge in [-0.1, -0.05) is 31.9 Å². The number of nitrogens with zero attached hydrogens (tertiary/aromatic N) is 4. The molecule has 1 aromatic heterocycles. The van der Waals surface area contributed by atoms with Gasteiger partial charge in [0.2, 0.25) is 0 Å². The minimum absolute atomic E-state index is 0.514. The Kier molecular flexibility index (Phi) is 3.81. The number of nitrogens with two attached hydrogens (primary N) is 1. The van der Waals surface area contributed by atoms with Crippen molar-refractivity contribution in [3.8, 4) is 11.4 Å². The lowest BCUT2D eigenvalue weighted by Gasteiger charge is -2.10. The van der Waals surface area contributed by atoms with Crippen LogP contribution >= 0.6 is 11.6 Å². The number of hydrogen-bond acceptors (Lipinski definition) is 4. The number of halogens is 1. The lowest BCUT2D eigenvalue weighted by atomic mass is 10.1. The molecule has 2 aromatic rings. The Balaban J connectivity index is 2.36. The number of benzene rings is 1. The minimum atomic E-state index is 0.514. The molecule has 1 heterocycles. The lowest BCUT2D eigenvalue weighted by Crippen LogP contribution is -2.10. The summed E-state index contributed by atoms with van der Waals surface area (Å²) in [5.74, 6) is 1.19. The summed E-state index contributed by atoms with van der Waals surface area (Å²) in [4.78, 5) is 0. The van der Waals surface area contributed by atoms with E-state index in [1.807, 2.05) is 6.07 Å². The third-order valence-electron chi connectivity index (χ3n) is 2.95. The molecule has 18 heavy (non-hydrogen) atoms. The van der Waals surface area contributed by atoms with Gasteiger partial charge in [-0.2, -0.15) is 0 Å². The number of anilines is 1. The first-order valence-corrected chi connectivity index (χ1v) is 6.31. The molecule has 96 valence electrons. The summed E-state index contributed by atoms with van der Waals surface area (Å²) in [7, 11) is 0. The monoisotopic (exact) mass is 265 g/mol. The molecule has 0 saturated heterocycles. The molecule has 5 nitrogen and oxygen atoms in total. The van der Waals surface area contributed by atoms with Crippen LogP contribution in [0.3, 0.4) is 0 Å². The van der Waals surface area contributed by atoms with Crippen LogP contribution in [0.25, 0.3) is 11.4 Å². The van der Waals surface area contributed by atoms with Crippen LogP contribution < -0.4 is 5.73 Å². The SMILES string of the molecule is CCC(C)Cn1nnnc1-c1ccc(N)cc1Cl. The van der Waals surface area contributed by atoms with Crippen molar-refractivity contribution in [1.29, 1.82) is 0 Å². The van der Waals surface area contributed by atoms with Gasteiger partial charge in [-0.05, 0) is 34.5 Å². The summed E-state index contributed by atoms with van der Waals surface area (Å²) in [5, 5.41) is 12.3. The highest BCUT2D eigenvalue weighted by Crippen LogP contribution is 2.28. The maximum absolute atomic E-state index is 6.17. The van der Waals surface area contributed by atoms with Crippen molar-refractivity contribution in [3.63, 3.8) is 0 Å². The van der Waals surface area contributed by atoms with Gasteiger partial charge >= 0.3 is 0 Å². The fourth-order valence-electron chi connectivity index (χ4n) is 1.66. The Bertz CT molecular complexity index is 537. The number of nitrogen functional groups attached to an aromatic ring is 1. The van der Waals surface area contributed by atoms with Crippen molar-refractivity contribution in [2.24, 2.45) is 5.92 Å². The molecule has 6 heteroatoms. The van der Waals surface area contributed by atoms with E-state index in [1.165, 1.54) is 0 Å². The first-order valence-electron chi connectivity index (χ1n) is 5.93. The van der Waals surface area contributed by atoms with Gasteiger partial charge in [-0.25, -0.2) is 4.68 Å². The Morgan fingerprint density at radius 1 is 1.44 bits per heavy atom. The van der Waals surface area contributed by atoms with E-state index in [0.717, 1.165) is 18.5 Å². The van der Waals surface area contributed by atoms with Crippen LogP contribution in [0.15, 0.2) is 18.2 Å². The first-order chi connectivity index (χ1) is 8.61. The highest BCUT2D eigenvalue weighted by molar-refractivity contribution is 6.33. The molecule has 0 radical (unpaired) electrons. The fourth-order valence-corrected chi connectivity index (χ4v) is 1.93. The van der Waals surface area contributed by atoms with Gasteiger partial charge in [0, 0.05) is 17.8 Å². The van der Waals surface area contributed by atoms with Crippen molar-refractivity contribution in [2.75, 3.05) is 5.73 Å². The Morgan fingerprint density at radius 3 is 2.89 bits per heavy atom. The molecule has 1 unspecified atom stereocenters. The van der Waals surface area contributed by atoms with E-state index in [4.69, 9.17) is 17.3 Å². The van der Waals surface area contributed by atoms with Crippen LogP contribution in [-0.4, -0.2) is 20.2 Å². The molecule has 0 amide bonds. The molecule has 0 fully saturated rings. The Labute approximate surface area is 111 Å². The van der Waals surface area contributed by atoms with Gasteiger partial charge in [0.1, 0.15) is 0 Å². The molecule has 0 saturated carbocycles. The Hall–Kier alpha value is -1.62. The van der Waals surface area contributed by atoms with Gasteiger partial charge in [0.25, 0.3) is 0 Å². The van der Waals surface area contributed by atoms with Crippen molar-refractivity contribution >= 4 is 17.3 Å². The summed E-state index contributed by atoms with van der Waals surface area (Å²) >= 11 is 6.17. The van der Waals surface area contributed by atoms with Gasteiger partial charge in [0.15, 0.2) is 5.82 Å². The van der Waals surface area contributed by atoms with Gasteiger partial charge < -0.3 is 5.73 Å². The summed E-state index contributed by atoms with van der Waals surface area (Å²) in [5.41, 5.74) is 7.11. The van der Waals surface area contributed by atoms with E-state index in [0.29, 0.717) is 22.5 Å². The molecule has 0 spiro atoms. The topological polar surface area (TPSA) is 69.6 Å². The standard InChI is InChI=1S/C12H16ClN5/c1-3-8(2)7-18-12(15-16-17-18)10-5-4-9(14)6-11(10)13/h4-6,8H,3,7,14H2,1-2H3. The highest BCUT2D eigenvalue weighted by Gasteiger charge is 2.14. The molecule has 1 aromatic carbocycles. The largest absolute Gasteiger partial charge is 0.399 e. The first kappa shape index (κ1) is 12.8. The third-order valence-corrected chi connectivity index (χ3v) is 3.26. The van der Waals surface area contributed by atoms with E-state index < -0.39 is 0 Å². The number of hydrogen-bond donors (Lipinski definition) is 1. The molecular weight excluding hydrogens is 250 g/mol. The predicted molar refractivity (Wildman–Crippen MR) is 72.1 cm³/mol. The number of rotatable bonds is 4. The van der Waals surface area contributed by atoms with Crippen LogP contribution in [0.2, 0.25) is 5.02 Å². The third kappa shape index (κ3) is 2.61. The van der Waals surface area contributed by atoms with Crippen molar-refractivity contribution in [2.45, 2.75) is 26.8 Å². The van der Waals surface area contributed by atoms with E-state index in [2.05, 4.69) is 29.4 Å². The summed E-state index contributed by atoms with van der Waals surface area (Å²) < 4.78 is 1.78. The summed E-state index contributed by atoms with van der Waals surface area (Å²) in [6.45, 7) is 5.08. The molecule has 0 bridgehead atoms.